The molecule has 1 atom stereocenters. The number of aromatic amines is 1. The molecule has 5 heteroatoms. The van der Waals surface area contributed by atoms with Crippen LogP contribution in [0.5, 0.6) is 0 Å². The number of benzene rings is 1. The van der Waals surface area contributed by atoms with E-state index in [9.17, 15) is 9.59 Å². The summed E-state index contributed by atoms with van der Waals surface area (Å²) in [6.07, 6.45) is 8.43. The maximum absolute atomic E-state index is 13.6. The first-order valence-electron chi connectivity index (χ1n) is 12.3. The van der Waals surface area contributed by atoms with Crippen molar-refractivity contribution in [2.75, 3.05) is 13.2 Å². The zero-order chi connectivity index (χ0) is 22.6. The number of aryl methyl sites for hydroxylation is 2. The van der Waals surface area contributed by atoms with Gasteiger partial charge in [0.05, 0.1) is 12.2 Å². The summed E-state index contributed by atoms with van der Waals surface area (Å²) in [6, 6.07) is 10.2. The van der Waals surface area contributed by atoms with Crippen LogP contribution in [0.1, 0.15) is 85.2 Å². The van der Waals surface area contributed by atoms with Gasteiger partial charge in [-0.1, -0.05) is 37.3 Å². The molecule has 0 saturated carbocycles. The molecule has 0 spiro atoms. The van der Waals surface area contributed by atoms with Gasteiger partial charge in [-0.3, -0.25) is 4.79 Å². The van der Waals surface area contributed by atoms with Crippen LogP contribution in [0.3, 0.4) is 0 Å². The summed E-state index contributed by atoms with van der Waals surface area (Å²) in [4.78, 5) is 32.0. The fourth-order valence-corrected chi connectivity index (χ4v) is 5.59. The Labute approximate surface area is 191 Å². The van der Waals surface area contributed by atoms with Crippen molar-refractivity contribution in [1.82, 2.24) is 9.88 Å². The van der Waals surface area contributed by atoms with E-state index < -0.39 is 0 Å². The summed E-state index contributed by atoms with van der Waals surface area (Å²) < 4.78 is 5.41. The van der Waals surface area contributed by atoms with E-state index in [-0.39, 0.29) is 17.3 Å². The Morgan fingerprint density at radius 2 is 1.91 bits per heavy atom. The third-order valence-electron chi connectivity index (χ3n) is 7.42. The summed E-state index contributed by atoms with van der Waals surface area (Å²) in [6.45, 7) is 5.86. The molecule has 1 aliphatic carbocycles. The van der Waals surface area contributed by atoms with E-state index in [1.807, 2.05) is 30.0 Å². The number of esters is 1. The van der Waals surface area contributed by atoms with Crippen LogP contribution in [0.4, 0.5) is 0 Å². The van der Waals surface area contributed by atoms with Gasteiger partial charge in [-0.2, -0.15) is 0 Å². The minimum atomic E-state index is -0.357. The van der Waals surface area contributed by atoms with Crippen LogP contribution in [0, 0.1) is 5.41 Å². The van der Waals surface area contributed by atoms with Gasteiger partial charge in [-0.05, 0) is 75.8 Å². The Bertz CT molecular complexity index is 949. The topological polar surface area (TPSA) is 62.4 Å². The molecule has 172 valence electrons. The zero-order valence-corrected chi connectivity index (χ0v) is 19.5. The van der Waals surface area contributed by atoms with Gasteiger partial charge < -0.3 is 14.6 Å². The van der Waals surface area contributed by atoms with E-state index in [1.165, 1.54) is 11.3 Å². The second-order valence-corrected chi connectivity index (χ2v) is 9.31. The fraction of sp³-hybridized carbons (Fsp3) is 0.556. The molecule has 2 aliphatic rings. The number of ether oxygens (including phenoxy) is 1. The Balaban J connectivity index is 1.54. The van der Waals surface area contributed by atoms with E-state index in [1.54, 1.807) is 0 Å². The van der Waals surface area contributed by atoms with Crippen LogP contribution in [0.2, 0.25) is 0 Å². The third-order valence-corrected chi connectivity index (χ3v) is 7.42. The number of nitrogens with zero attached hydrogens (tertiary/aromatic N) is 1. The molecule has 0 radical (unpaired) electrons. The summed E-state index contributed by atoms with van der Waals surface area (Å²) in [7, 11) is 0. The zero-order valence-electron chi connectivity index (χ0n) is 19.5. The predicted octanol–water partition coefficient (Wildman–Crippen LogP) is 5.22. The van der Waals surface area contributed by atoms with E-state index in [4.69, 9.17) is 4.74 Å². The predicted molar refractivity (Wildman–Crippen MR) is 126 cm³/mol. The van der Waals surface area contributed by atoms with Crippen LogP contribution in [-0.4, -0.2) is 34.9 Å². The van der Waals surface area contributed by atoms with E-state index in [0.717, 1.165) is 74.7 Å². The molecule has 1 unspecified atom stereocenters. The lowest BCUT2D eigenvalue weighted by Gasteiger charge is -2.41. The second-order valence-electron chi connectivity index (χ2n) is 9.31. The van der Waals surface area contributed by atoms with Crippen LogP contribution in [0.15, 0.2) is 30.3 Å². The summed E-state index contributed by atoms with van der Waals surface area (Å²) in [5.41, 5.74) is 4.88. The number of carbonyl (C=O) groups excluding carboxylic acids is 2. The molecular formula is C27H36N2O3. The average molecular weight is 437 g/mol. The number of nitrogens with one attached hydrogen (secondary N) is 1. The first kappa shape index (κ1) is 22.6. The van der Waals surface area contributed by atoms with E-state index in [2.05, 4.69) is 24.0 Å². The number of amides is 1. The molecule has 4 rings (SSSR count). The molecular weight excluding hydrogens is 400 g/mol. The van der Waals surface area contributed by atoms with Crippen molar-refractivity contribution in [3.8, 4) is 0 Å². The lowest BCUT2D eigenvalue weighted by Crippen LogP contribution is -2.48. The van der Waals surface area contributed by atoms with Crippen molar-refractivity contribution in [3.05, 3.63) is 58.4 Å². The van der Waals surface area contributed by atoms with Crippen molar-refractivity contribution in [1.29, 1.82) is 0 Å². The molecule has 5 nitrogen and oxygen atoms in total. The van der Waals surface area contributed by atoms with Gasteiger partial charge in [0.15, 0.2) is 0 Å². The van der Waals surface area contributed by atoms with Crippen molar-refractivity contribution in [2.45, 2.75) is 78.2 Å². The quantitative estimate of drug-likeness (QED) is 0.577. The number of H-pyrrole nitrogens is 1. The van der Waals surface area contributed by atoms with E-state index in [0.29, 0.717) is 19.6 Å². The lowest BCUT2D eigenvalue weighted by atomic mass is 9.73. The highest BCUT2D eigenvalue weighted by molar-refractivity contribution is 5.93. The maximum Gasteiger partial charge on any atom is 0.340 e. The number of hydrogen-bond donors (Lipinski definition) is 1. The lowest BCUT2D eigenvalue weighted by molar-refractivity contribution is -0.148. The third kappa shape index (κ3) is 4.48. The molecule has 2 heterocycles. The molecule has 0 bridgehead atoms. The molecule has 1 aromatic carbocycles. The van der Waals surface area contributed by atoms with E-state index >= 15 is 0 Å². The van der Waals surface area contributed by atoms with Crippen molar-refractivity contribution in [2.24, 2.45) is 5.41 Å². The summed E-state index contributed by atoms with van der Waals surface area (Å²) >= 11 is 0. The van der Waals surface area contributed by atoms with Gasteiger partial charge in [0.1, 0.15) is 0 Å². The number of likely N-dealkylation sites (tertiary alicyclic amines) is 1. The Kier molecular flexibility index (Phi) is 7.02. The van der Waals surface area contributed by atoms with Crippen molar-refractivity contribution in [3.63, 3.8) is 0 Å². The minimum absolute atomic E-state index is 0.215. The number of fused-ring (bicyclic) bond motifs is 1. The monoisotopic (exact) mass is 436 g/mol. The average Bonchev–Trinajstić information content (AvgIpc) is 3.19. The molecule has 2 aromatic rings. The number of aromatic nitrogens is 1. The number of piperidine rings is 1. The number of carbonyl (C=O) groups is 2. The van der Waals surface area contributed by atoms with Gasteiger partial charge in [0.25, 0.3) is 0 Å². The largest absolute Gasteiger partial charge is 0.462 e. The number of rotatable bonds is 8. The first-order valence-corrected chi connectivity index (χ1v) is 12.3. The maximum atomic E-state index is 13.6. The van der Waals surface area contributed by atoms with Crippen LogP contribution in [0.25, 0.3) is 0 Å². The van der Waals surface area contributed by atoms with Gasteiger partial charge >= 0.3 is 5.97 Å². The Morgan fingerprint density at radius 3 is 2.66 bits per heavy atom. The van der Waals surface area contributed by atoms with Crippen LogP contribution in [-0.2, 0) is 35.3 Å². The fourth-order valence-electron chi connectivity index (χ4n) is 5.59. The minimum Gasteiger partial charge on any atom is -0.462 e. The Hall–Kier alpha value is -2.56. The molecule has 32 heavy (non-hydrogen) atoms. The first-order chi connectivity index (χ1) is 15.6. The molecule has 1 aliphatic heterocycles. The Morgan fingerprint density at radius 1 is 1.12 bits per heavy atom. The molecule has 1 N–H and O–H groups in total. The highest BCUT2D eigenvalue weighted by atomic mass is 16.5. The summed E-state index contributed by atoms with van der Waals surface area (Å²) in [5.74, 6) is 0.0530. The normalized spacial score (nSPS) is 20.8. The van der Waals surface area contributed by atoms with Gasteiger partial charge in [0.2, 0.25) is 5.91 Å². The molecule has 1 aromatic heterocycles. The van der Waals surface area contributed by atoms with Gasteiger partial charge in [-0.15, -0.1) is 0 Å². The van der Waals surface area contributed by atoms with Crippen molar-refractivity contribution < 1.29 is 14.3 Å². The smallest absolute Gasteiger partial charge is 0.340 e. The SMILES string of the molecule is CCOC(=O)c1c(CCC2(CC)CCCN(Cc3ccccc3)C2=O)[nH]c2c1CCCC2. The van der Waals surface area contributed by atoms with Gasteiger partial charge in [0, 0.05) is 29.9 Å². The summed E-state index contributed by atoms with van der Waals surface area (Å²) in [5, 5.41) is 0. The highest BCUT2D eigenvalue weighted by Crippen LogP contribution is 2.40. The van der Waals surface area contributed by atoms with Crippen LogP contribution >= 0.6 is 0 Å². The number of hydrogen-bond acceptors (Lipinski definition) is 3. The highest BCUT2D eigenvalue weighted by Gasteiger charge is 2.42. The van der Waals surface area contributed by atoms with Gasteiger partial charge in [-0.25, -0.2) is 4.79 Å². The second kappa shape index (κ2) is 9.93. The molecule has 1 fully saturated rings. The standard InChI is InChI=1S/C27H36N2O3/c1-3-27(16-10-18-29(26(27)31)19-20-11-6-5-7-12-20)17-15-23-24(25(30)32-4-2)21-13-8-9-14-22(21)28-23/h5-7,11-12,28H,3-4,8-10,13-19H2,1-2H3. The van der Waals surface area contributed by atoms with Crippen LogP contribution < -0.4 is 0 Å². The molecule has 1 amide bonds. The molecule has 1 saturated heterocycles. The van der Waals surface area contributed by atoms with Crippen molar-refractivity contribution >= 4 is 11.9 Å².